The second kappa shape index (κ2) is 9.14. The normalized spacial score (nSPS) is 28.6. The second-order valence-corrected chi connectivity index (χ2v) is 8.66. The fourth-order valence-electron chi connectivity index (χ4n) is 3.03. The molecule has 0 aromatic rings. The molecule has 1 heterocycles. The van der Waals surface area contributed by atoms with Gasteiger partial charge in [-0.2, -0.15) is 11.8 Å². The molecule has 0 bridgehead atoms. The van der Waals surface area contributed by atoms with E-state index in [9.17, 15) is 4.79 Å². The Labute approximate surface area is 144 Å². The molecule has 2 aliphatic rings. The molecule has 2 N–H and O–H groups in total. The minimum atomic E-state index is -0.435. The van der Waals surface area contributed by atoms with E-state index in [0.29, 0.717) is 12.1 Å². The molecule has 1 atom stereocenters. The second-order valence-electron chi connectivity index (χ2n) is 7.51. The fourth-order valence-corrected chi connectivity index (χ4v) is 4.22. The number of hydrogen-bond acceptors (Lipinski definition) is 5. The van der Waals surface area contributed by atoms with Gasteiger partial charge in [-0.15, -0.1) is 0 Å². The zero-order valence-corrected chi connectivity index (χ0v) is 15.5. The number of carbonyl (C=O) groups is 1. The molecule has 6 heteroatoms. The average molecular weight is 345 g/mol. The van der Waals surface area contributed by atoms with Gasteiger partial charge in [-0.05, 0) is 58.6 Å². The minimum Gasteiger partial charge on any atom is -0.444 e. The van der Waals surface area contributed by atoms with Crippen LogP contribution in [0.25, 0.3) is 0 Å². The van der Waals surface area contributed by atoms with Crippen molar-refractivity contribution in [3.8, 4) is 0 Å². The van der Waals surface area contributed by atoms with Gasteiger partial charge in [0.2, 0.25) is 0 Å². The first kappa shape index (κ1) is 18.9. The maximum Gasteiger partial charge on any atom is 0.407 e. The third kappa shape index (κ3) is 7.77. The van der Waals surface area contributed by atoms with E-state index in [4.69, 9.17) is 9.47 Å². The molecule has 1 unspecified atom stereocenters. The number of nitrogens with one attached hydrogen (secondary N) is 2. The van der Waals surface area contributed by atoms with Gasteiger partial charge in [0.15, 0.2) is 0 Å². The summed E-state index contributed by atoms with van der Waals surface area (Å²) in [6.07, 6.45) is 5.28. The number of rotatable bonds is 6. The Balaban J connectivity index is 1.52. The summed E-state index contributed by atoms with van der Waals surface area (Å²) in [7, 11) is 0. The molecule has 0 aromatic carbocycles. The van der Waals surface area contributed by atoms with Crippen LogP contribution in [0.2, 0.25) is 0 Å². The van der Waals surface area contributed by atoms with E-state index in [2.05, 4.69) is 10.6 Å². The molecule has 23 heavy (non-hydrogen) atoms. The van der Waals surface area contributed by atoms with Gasteiger partial charge in [-0.3, -0.25) is 0 Å². The Kier molecular flexibility index (Phi) is 7.50. The monoisotopic (exact) mass is 344 g/mol. The first-order valence-electron chi connectivity index (χ1n) is 8.84. The number of thioether (sulfide) groups is 1. The van der Waals surface area contributed by atoms with Gasteiger partial charge in [-0.1, -0.05) is 0 Å². The van der Waals surface area contributed by atoms with Crippen molar-refractivity contribution >= 4 is 17.9 Å². The Morgan fingerprint density at radius 3 is 2.48 bits per heavy atom. The minimum absolute atomic E-state index is 0.221. The Morgan fingerprint density at radius 2 is 1.87 bits per heavy atom. The summed E-state index contributed by atoms with van der Waals surface area (Å²) in [4.78, 5) is 11.8. The van der Waals surface area contributed by atoms with Gasteiger partial charge in [0.05, 0.1) is 12.7 Å². The van der Waals surface area contributed by atoms with Gasteiger partial charge in [0, 0.05) is 24.4 Å². The van der Waals surface area contributed by atoms with Crippen molar-refractivity contribution < 1.29 is 14.3 Å². The predicted molar refractivity (Wildman–Crippen MR) is 95.1 cm³/mol. The van der Waals surface area contributed by atoms with Gasteiger partial charge < -0.3 is 20.1 Å². The number of alkyl carbamates (subject to hydrolysis) is 1. The largest absolute Gasteiger partial charge is 0.444 e. The number of ether oxygens (including phenoxy) is 2. The molecule has 0 aromatic heterocycles. The Hall–Kier alpha value is -0.460. The van der Waals surface area contributed by atoms with Gasteiger partial charge in [-0.25, -0.2) is 4.79 Å². The van der Waals surface area contributed by atoms with Crippen molar-refractivity contribution in [2.24, 2.45) is 0 Å². The van der Waals surface area contributed by atoms with Crippen LogP contribution in [0, 0.1) is 0 Å². The third-order valence-corrected chi connectivity index (χ3v) is 5.38. The van der Waals surface area contributed by atoms with Crippen LogP contribution < -0.4 is 10.6 Å². The number of carbonyl (C=O) groups excluding carboxylic acids is 1. The predicted octanol–water partition coefficient (Wildman–Crippen LogP) is 2.93. The lowest BCUT2D eigenvalue weighted by Gasteiger charge is -2.30. The number of amides is 1. The van der Waals surface area contributed by atoms with Crippen molar-refractivity contribution in [2.45, 2.75) is 76.7 Å². The molecular formula is C17H32N2O3S. The molecule has 1 aliphatic carbocycles. The highest BCUT2D eigenvalue weighted by Gasteiger charge is 2.25. The zero-order chi connectivity index (χ0) is 16.7. The lowest BCUT2D eigenvalue weighted by molar-refractivity contribution is 0.0189. The van der Waals surface area contributed by atoms with E-state index in [-0.39, 0.29) is 12.1 Å². The van der Waals surface area contributed by atoms with Crippen LogP contribution in [0.15, 0.2) is 0 Å². The quantitative estimate of drug-likeness (QED) is 0.726. The maximum absolute atomic E-state index is 11.8. The van der Waals surface area contributed by atoms with Crippen LogP contribution in [-0.4, -0.2) is 54.5 Å². The van der Waals surface area contributed by atoms with Crippen molar-refractivity contribution in [2.75, 3.05) is 24.7 Å². The van der Waals surface area contributed by atoms with Crippen molar-refractivity contribution in [3.05, 3.63) is 0 Å². The highest BCUT2D eigenvalue weighted by atomic mass is 32.2. The van der Waals surface area contributed by atoms with Crippen molar-refractivity contribution in [1.82, 2.24) is 10.6 Å². The highest BCUT2D eigenvalue weighted by molar-refractivity contribution is 7.99. The Bertz CT molecular complexity index is 359. The van der Waals surface area contributed by atoms with E-state index in [0.717, 1.165) is 38.8 Å². The molecule has 134 valence electrons. The first-order chi connectivity index (χ1) is 10.9. The van der Waals surface area contributed by atoms with Crippen LogP contribution >= 0.6 is 11.8 Å². The summed E-state index contributed by atoms with van der Waals surface area (Å²) < 4.78 is 11.3. The van der Waals surface area contributed by atoms with Gasteiger partial charge in [0.25, 0.3) is 0 Å². The average Bonchev–Trinajstić information content (AvgIpc) is 2.96. The summed E-state index contributed by atoms with van der Waals surface area (Å²) in [5, 5.41) is 6.53. The van der Waals surface area contributed by atoms with E-state index in [1.807, 2.05) is 32.5 Å². The molecule has 0 radical (unpaired) electrons. The van der Waals surface area contributed by atoms with Crippen LogP contribution in [0.5, 0.6) is 0 Å². The molecule has 1 amide bonds. The smallest absolute Gasteiger partial charge is 0.407 e. The molecule has 5 nitrogen and oxygen atoms in total. The van der Waals surface area contributed by atoms with Crippen LogP contribution in [0.4, 0.5) is 4.79 Å². The van der Waals surface area contributed by atoms with E-state index in [1.54, 1.807) is 0 Å². The van der Waals surface area contributed by atoms with Gasteiger partial charge in [0.1, 0.15) is 5.60 Å². The molecule has 1 aliphatic heterocycles. The lowest BCUT2D eigenvalue weighted by atomic mass is 9.93. The highest BCUT2D eigenvalue weighted by Crippen LogP contribution is 2.22. The third-order valence-electron chi connectivity index (χ3n) is 4.21. The summed E-state index contributed by atoms with van der Waals surface area (Å²) in [5.41, 5.74) is -0.435. The van der Waals surface area contributed by atoms with Gasteiger partial charge >= 0.3 is 6.09 Å². The van der Waals surface area contributed by atoms with Crippen molar-refractivity contribution in [1.29, 1.82) is 0 Å². The first-order valence-corrected chi connectivity index (χ1v) is 10.00. The Morgan fingerprint density at radius 1 is 1.13 bits per heavy atom. The fraction of sp³-hybridized carbons (Fsp3) is 0.941. The van der Waals surface area contributed by atoms with Crippen molar-refractivity contribution in [3.63, 3.8) is 0 Å². The van der Waals surface area contributed by atoms with E-state index in [1.165, 1.54) is 17.9 Å². The molecule has 1 saturated carbocycles. The summed E-state index contributed by atoms with van der Waals surface area (Å²) in [6.45, 7) is 7.39. The molecule has 1 saturated heterocycles. The number of hydrogen-bond donors (Lipinski definition) is 2. The molecule has 2 fully saturated rings. The maximum atomic E-state index is 11.8. The van der Waals surface area contributed by atoms with E-state index >= 15 is 0 Å². The van der Waals surface area contributed by atoms with E-state index < -0.39 is 5.60 Å². The van der Waals surface area contributed by atoms with Crippen LogP contribution in [0.1, 0.15) is 52.9 Å². The lowest BCUT2D eigenvalue weighted by Crippen LogP contribution is -2.42. The molecular weight excluding hydrogens is 312 g/mol. The zero-order valence-electron chi connectivity index (χ0n) is 14.7. The van der Waals surface area contributed by atoms with Crippen LogP contribution in [-0.2, 0) is 9.47 Å². The summed E-state index contributed by atoms with van der Waals surface area (Å²) >= 11 is 2.03. The summed E-state index contributed by atoms with van der Waals surface area (Å²) in [6, 6.07) is 0.899. The molecule has 0 spiro atoms. The topological polar surface area (TPSA) is 59.6 Å². The van der Waals surface area contributed by atoms with Crippen LogP contribution in [0.3, 0.4) is 0 Å². The SMILES string of the molecule is CC(C)(C)OC(=O)NC1CCC(OCCNC2CCSC2)CC1. The molecule has 2 rings (SSSR count). The standard InChI is InChI=1S/C17H32N2O3S/c1-17(2,3)22-16(20)19-13-4-6-15(7-5-13)21-10-9-18-14-8-11-23-12-14/h13-15,18H,4-12H2,1-3H3,(H,19,20). The summed E-state index contributed by atoms with van der Waals surface area (Å²) in [5.74, 6) is 2.52.